The summed E-state index contributed by atoms with van der Waals surface area (Å²) >= 11 is 0. The van der Waals surface area contributed by atoms with Crippen LogP contribution in [0.1, 0.15) is 25.0 Å². The molecule has 2 amide bonds. The van der Waals surface area contributed by atoms with Crippen LogP contribution in [0.3, 0.4) is 0 Å². The lowest BCUT2D eigenvalue weighted by Crippen LogP contribution is -2.48. The smallest absolute Gasteiger partial charge is 0.338 e. The van der Waals surface area contributed by atoms with Crippen molar-refractivity contribution in [1.29, 1.82) is 0 Å². The quantitative estimate of drug-likeness (QED) is 0.453. The molecule has 0 aliphatic heterocycles. The molecule has 0 radical (unpaired) electrons. The Morgan fingerprint density at radius 1 is 0.939 bits per heavy atom. The van der Waals surface area contributed by atoms with E-state index in [9.17, 15) is 13.2 Å². The summed E-state index contributed by atoms with van der Waals surface area (Å²) in [4.78, 5) is 15.2. The molecule has 6 nitrogen and oxygen atoms in total. The second kappa shape index (κ2) is 10.5. The Kier molecular flexibility index (Phi) is 7.76. The molecule has 0 heterocycles. The third-order valence-corrected chi connectivity index (χ3v) is 7.37. The second-order valence-electron chi connectivity index (χ2n) is 7.89. The van der Waals surface area contributed by atoms with E-state index in [4.69, 9.17) is 4.74 Å². The summed E-state index contributed by atoms with van der Waals surface area (Å²) in [6.45, 7) is 5.98. The van der Waals surface area contributed by atoms with Crippen molar-refractivity contribution in [3.63, 3.8) is 0 Å². The molecule has 0 saturated heterocycles. The lowest BCUT2D eigenvalue weighted by atomic mass is 10.1. The largest absolute Gasteiger partial charge is 0.494 e. The Balaban J connectivity index is 2.00. The monoisotopic (exact) mass is 466 g/mol. The number of ether oxygens (including phenoxy) is 1. The highest BCUT2D eigenvalue weighted by molar-refractivity contribution is 7.93. The highest BCUT2D eigenvalue weighted by Crippen LogP contribution is 2.29. The molecule has 0 fully saturated rings. The molecule has 3 aromatic carbocycles. The third kappa shape index (κ3) is 5.54. The average molecular weight is 467 g/mol. The van der Waals surface area contributed by atoms with Gasteiger partial charge in [-0.15, -0.1) is 0 Å². The summed E-state index contributed by atoms with van der Waals surface area (Å²) in [6.07, 6.45) is 0.602. The minimum absolute atomic E-state index is 0.0938. The van der Waals surface area contributed by atoms with E-state index in [1.54, 1.807) is 56.4 Å². The van der Waals surface area contributed by atoms with E-state index < -0.39 is 16.1 Å². The highest BCUT2D eigenvalue weighted by Gasteiger charge is 2.35. The van der Waals surface area contributed by atoms with E-state index in [1.165, 1.54) is 11.0 Å². The molecule has 0 saturated carbocycles. The first-order valence-corrected chi connectivity index (χ1v) is 12.3. The summed E-state index contributed by atoms with van der Waals surface area (Å²) in [5.41, 5.74) is 1.89. The van der Waals surface area contributed by atoms with Gasteiger partial charge in [0.1, 0.15) is 5.75 Å². The molecule has 174 valence electrons. The van der Waals surface area contributed by atoms with Crippen LogP contribution in [0.2, 0.25) is 0 Å². The van der Waals surface area contributed by atoms with Crippen LogP contribution in [0.4, 0.5) is 10.5 Å². The fraction of sp³-hybridized carbons (Fsp3) is 0.269. The maximum absolute atomic E-state index is 13.7. The van der Waals surface area contributed by atoms with Crippen molar-refractivity contribution in [1.82, 2.24) is 4.90 Å². The molecule has 3 rings (SSSR count). The van der Waals surface area contributed by atoms with Gasteiger partial charge in [-0.2, -0.15) is 4.31 Å². The highest BCUT2D eigenvalue weighted by atomic mass is 32.2. The van der Waals surface area contributed by atoms with Crippen molar-refractivity contribution in [3.8, 4) is 5.75 Å². The summed E-state index contributed by atoms with van der Waals surface area (Å²) in [5, 5.41) is 0. The minimum atomic E-state index is -4.16. The van der Waals surface area contributed by atoms with Crippen molar-refractivity contribution in [2.45, 2.75) is 38.1 Å². The van der Waals surface area contributed by atoms with E-state index in [2.05, 4.69) is 0 Å². The number of rotatable bonds is 8. The zero-order valence-electron chi connectivity index (χ0n) is 19.4. The molecule has 0 spiro atoms. The summed E-state index contributed by atoms with van der Waals surface area (Å²) in [5.74, 6) is 0.604. The van der Waals surface area contributed by atoms with Gasteiger partial charge in [-0.25, -0.2) is 13.2 Å². The Bertz CT molecular complexity index is 1180. The van der Waals surface area contributed by atoms with Crippen LogP contribution < -0.4 is 9.04 Å². The van der Waals surface area contributed by atoms with E-state index in [0.717, 1.165) is 9.87 Å². The van der Waals surface area contributed by atoms with E-state index in [1.807, 2.05) is 44.2 Å². The first-order valence-electron chi connectivity index (χ1n) is 10.9. The number of likely N-dealkylation sites (N-methyl/N-ethyl adjacent to an activating group) is 1. The Morgan fingerprint density at radius 2 is 1.55 bits per heavy atom. The molecule has 0 bridgehead atoms. The van der Waals surface area contributed by atoms with E-state index in [0.29, 0.717) is 24.3 Å². The molecule has 7 heteroatoms. The Hall–Kier alpha value is -3.32. The summed E-state index contributed by atoms with van der Waals surface area (Å²) in [7, 11) is -2.53. The number of urea groups is 1. The molecule has 0 aromatic heterocycles. The minimum Gasteiger partial charge on any atom is -0.494 e. The number of aryl methyl sites for hydroxylation is 1. The molecular weight excluding hydrogens is 436 g/mol. The standard InChI is InChI=1S/C26H30N2O4S/c1-5-32-24-17-15-23(16-18-24)28(33(30,31)25-14-10-9-11-20(25)2)26(29)27(4)21(3)19-22-12-7-6-8-13-22/h6-18,21H,5,19H2,1-4H3/t21-/m0/s1. The van der Waals surface area contributed by atoms with Gasteiger partial charge in [-0.05, 0) is 68.7 Å². The van der Waals surface area contributed by atoms with E-state index in [-0.39, 0.29) is 16.6 Å². The molecular formula is C26H30N2O4S. The first-order chi connectivity index (χ1) is 15.8. The number of nitrogens with zero attached hydrogens (tertiary/aromatic N) is 2. The van der Waals surface area contributed by atoms with Crippen molar-refractivity contribution in [3.05, 3.63) is 90.0 Å². The predicted molar refractivity (Wildman–Crippen MR) is 131 cm³/mol. The molecule has 0 aliphatic carbocycles. The Labute approximate surface area is 196 Å². The zero-order valence-corrected chi connectivity index (χ0v) is 20.2. The number of carbonyl (C=O) groups is 1. The maximum Gasteiger partial charge on any atom is 0.338 e. The number of carbonyl (C=O) groups excluding carboxylic acids is 1. The molecule has 0 aliphatic rings. The van der Waals surface area contributed by atoms with Gasteiger partial charge < -0.3 is 9.64 Å². The van der Waals surface area contributed by atoms with Crippen molar-refractivity contribution in [2.75, 3.05) is 18.0 Å². The first kappa shape index (κ1) is 24.3. The van der Waals surface area contributed by atoms with Crippen LogP contribution in [-0.2, 0) is 16.4 Å². The number of sulfonamides is 1. The molecule has 0 unspecified atom stereocenters. The molecule has 33 heavy (non-hydrogen) atoms. The fourth-order valence-corrected chi connectivity index (χ4v) is 5.22. The third-order valence-electron chi connectivity index (χ3n) is 5.50. The number of amides is 2. The van der Waals surface area contributed by atoms with Gasteiger partial charge >= 0.3 is 6.03 Å². The molecule has 1 atom stereocenters. The summed E-state index contributed by atoms with van der Waals surface area (Å²) < 4.78 is 33.8. The average Bonchev–Trinajstić information content (AvgIpc) is 2.80. The Morgan fingerprint density at radius 3 is 2.15 bits per heavy atom. The van der Waals surface area contributed by atoms with Crippen molar-refractivity contribution < 1.29 is 17.9 Å². The van der Waals surface area contributed by atoms with Gasteiger partial charge in [0.15, 0.2) is 0 Å². The van der Waals surface area contributed by atoms with Gasteiger partial charge in [0.05, 0.1) is 17.2 Å². The van der Waals surface area contributed by atoms with Crippen LogP contribution in [0.25, 0.3) is 0 Å². The van der Waals surface area contributed by atoms with Crippen LogP contribution in [-0.4, -0.2) is 39.0 Å². The number of benzene rings is 3. The van der Waals surface area contributed by atoms with Crippen LogP contribution in [0, 0.1) is 6.92 Å². The van der Waals surface area contributed by atoms with Crippen LogP contribution in [0.5, 0.6) is 5.75 Å². The van der Waals surface area contributed by atoms with Crippen LogP contribution >= 0.6 is 0 Å². The molecule has 3 aromatic rings. The summed E-state index contributed by atoms with van der Waals surface area (Å²) in [6, 6.07) is 22.1. The van der Waals surface area contributed by atoms with Crippen LogP contribution in [0.15, 0.2) is 83.8 Å². The van der Waals surface area contributed by atoms with Crippen molar-refractivity contribution >= 4 is 21.7 Å². The number of hydrogen-bond donors (Lipinski definition) is 0. The number of anilines is 1. The van der Waals surface area contributed by atoms with Gasteiger partial charge in [0.25, 0.3) is 10.0 Å². The lowest BCUT2D eigenvalue weighted by molar-refractivity contribution is 0.204. The lowest BCUT2D eigenvalue weighted by Gasteiger charge is -2.32. The van der Waals surface area contributed by atoms with E-state index >= 15 is 0 Å². The zero-order chi connectivity index (χ0) is 24.0. The molecule has 0 N–H and O–H groups in total. The van der Waals surface area contributed by atoms with Gasteiger partial charge in [-0.1, -0.05) is 48.5 Å². The van der Waals surface area contributed by atoms with Gasteiger partial charge in [0.2, 0.25) is 0 Å². The predicted octanol–water partition coefficient (Wildman–Crippen LogP) is 5.27. The van der Waals surface area contributed by atoms with Crippen molar-refractivity contribution in [2.24, 2.45) is 0 Å². The van der Waals surface area contributed by atoms with Gasteiger partial charge in [-0.3, -0.25) is 0 Å². The maximum atomic E-state index is 13.7. The van der Waals surface area contributed by atoms with Gasteiger partial charge in [0, 0.05) is 13.1 Å². The second-order valence-corrected chi connectivity index (χ2v) is 9.65. The number of hydrogen-bond acceptors (Lipinski definition) is 4. The topological polar surface area (TPSA) is 66.9 Å². The fourth-order valence-electron chi connectivity index (χ4n) is 3.56. The SMILES string of the molecule is CCOc1ccc(N(C(=O)N(C)[C@@H](C)Cc2ccccc2)S(=O)(=O)c2ccccc2C)cc1. The normalized spacial score (nSPS) is 12.1.